The summed E-state index contributed by atoms with van der Waals surface area (Å²) in [5.41, 5.74) is 1.47. The quantitative estimate of drug-likeness (QED) is 0.559. The predicted molar refractivity (Wildman–Crippen MR) is 39.9 cm³/mol. The number of aryl methyl sites for hydroxylation is 1. The van der Waals surface area contributed by atoms with Crippen LogP contribution in [0, 0.1) is 12.7 Å². The molecular formula is C8H7FN2. The van der Waals surface area contributed by atoms with Crippen molar-refractivity contribution in [3.63, 3.8) is 0 Å². The van der Waals surface area contributed by atoms with E-state index in [9.17, 15) is 4.39 Å². The molecular weight excluding hydrogens is 143 g/mol. The van der Waals surface area contributed by atoms with Gasteiger partial charge in [-0.25, -0.2) is 9.37 Å². The van der Waals surface area contributed by atoms with Gasteiger partial charge in [-0.05, 0) is 13.0 Å². The molecule has 0 aromatic carbocycles. The van der Waals surface area contributed by atoms with E-state index < -0.39 is 0 Å². The Morgan fingerprint density at radius 3 is 3.18 bits per heavy atom. The van der Waals surface area contributed by atoms with Gasteiger partial charge in [-0.3, -0.25) is 0 Å². The zero-order valence-corrected chi connectivity index (χ0v) is 6.08. The first-order chi connectivity index (χ1) is 5.29. The van der Waals surface area contributed by atoms with Crippen LogP contribution in [0.15, 0.2) is 24.8 Å². The van der Waals surface area contributed by atoms with Crippen molar-refractivity contribution in [2.24, 2.45) is 0 Å². The maximum Gasteiger partial charge on any atom is 0.129 e. The van der Waals surface area contributed by atoms with Crippen LogP contribution in [0.5, 0.6) is 0 Å². The molecule has 56 valence electrons. The lowest BCUT2D eigenvalue weighted by molar-refractivity contribution is 0.617. The van der Waals surface area contributed by atoms with Crippen LogP contribution < -0.4 is 0 Å². The lowest BCUT2D eigenvalue weighted by atomic mass is 10.2. The minimum Gasteiger partial charge on any atom is -0.306 e. The first-order valence-electron chi connectivity index (χ1n) is 3.36. The lowest BCUT2D eigenvalue weighted by Gasteiger charge is -1.97. The van der Waals surface area contributed by atoms with Crippen LogP contribution in [0.3, 0.4) is 0 Å². The Labute approximate surface area is 63.3 Å². The Balaban J connectivity index is 2.93. The van der Waals surface area contributed by atoms with Gasteiger partial charge in [-0.15, -0.1) is 0 Å². The van der Waals surface area contributed by atoms with Crippen LogP contribution in [0.25, 0.3) is 5.52 Å². The molecule has 0 aliphatic heterocycles. The zero-order valence-electron chi connectivity index (χ0n) is 6.08. The summed E-state index contributed by atoms with van der Waals surface area (Å²) in [5, 5.41) is 0. The Bertz CT molecular complexity index is 392. The number of fused-ring (bicyclic) bond motifs is 1. The van der Waals surface area contributed by atoms with Gasteiger partial charge in [0.25, 0.3) is 0 Å². The molecule has 11 heavy (non-hydrogen) atoms. The number of hydrogen-bond donors (Lipinski definition) is 0. The highest BCUT2D eigenvalue weighted by Crippen LogP contribution is 2.12. The molecule has 3 heteroatoms. The van der Waals surface area contributed by atoms with E-state index in [1.54, 1.807) is 30.0 Å². The number of halogens is 1. The molecule has 0 spiro atoms. The van der Waals surface area contributed by atoms with Gasteiger partial charge in [0, 0.05) is 11.8 Å². The fourth-order valence-electron chi connectivity index (χ4n) is 1.11. The first-order valence-corrected chi connectivity index (χ1v) is 3.36. The molecule has 0 radical (unpaired) electrons. The Morgan fingerprint density at radius 2 is 2.36 bits per heavy atom. The van der Waals surface area contributed by atoms with E-state index in [0.29, 0.717) is 5.56 Å². The summed E-state index contributed by atoms with van der Waals surface area (Å²) in [6, 6.07) is 1.43. The monoisotopic (exact) mass is 150 g/mol. The predicted octanol–water partition coefficient (Wildman–Crippen LogP) is 1.78. The van der Waals surface area contributed by atoms with Gasteiger partial charge in [0.05, 0.1) is 18.0 Å². The molecule has 0 bridgehead atoms. The van der Waals surface area contributed by atoms with E-state index in [-0.39, 0.29) is 5.82 Å². The molecule has 0 aliphatic rings. The summed E-state index contributed by atoms with van der Waals surface area (Å²) in [4.78, 5) is 3.90. The minimum atomic E-state index is -0.182. The van der Waals surface area contributed by atoms with Crippen LogP contribution in [-0.2, 0) is 0 Å². The normalized spacial score (nSPS) is 10.7. The average molecular weight is 150 g/mol. The standard InChI is InChI=1S/C8H7FN2/c1-6-7(9)2-3-11-5-10-4-8(6)11/h2-5H,1H3. The number of aromatic nitrogens is 2. The highest BCUT2D eigenvalue weighted by atomic mass is 19.1. The van der Waals surface area contributed by atoms with Crippen LogP contribution in [0.4, 0.5) is 4.39 Å². The number of pyridine rings is 1. The van der Waals surface area contributed by atoms with Crippen molar-refractivity contribution in [3.8, 4) is 0 Å². The van der Waals surface area contributed by atoms with E-state index >= 15 is 0 Å². The minimum absolute atomic E-state index is 0.182. The first kappa shape index (κ1) is 6.34. The van der Waals surface area contributed by atoms with E-state index in [0.717, 1.165) is 5.52 Å². The van der Waals surface area contributed by atoms with Crippen LogP contribution in [0.2, 0.25) is 0 Å². The molecule has 2 heterocycles. The van der Waals surface area contributed by atoms with Crippen LogP contribution in [0.1, 0.15) is 5.56 Å². The third-order valence-corrected chi connectivity index (χ3v) is 1.79. The fraction of sp³-hybridized carbons (Fsp3) is 0.125. The Hall–Kier alpha value is -1.38. The third kappa shape index (κ3) is 0.808. The molecule has 0 atom stereocenters. The van der Waals surface area contributed by atoms with E-state index in [2.05, 4.69) is 4.98 Å². The summed E-state index contributed by atoms with van der Waals surface area (Å²) in [6.45, 7) is 1.74. The average Bonchev–Trinajstić information content (AvgIpc) is 2.45. The molecule has 0 unspecified atom stereocenters. The summed E-state index contributed by atoms with van der Waals surface area (Å²) in [7, 11) is 0. The largest absolute Gasteiger partial charge is 0.306 e. The summed E-state index contributed by atoms with van der Waals surface area (Å²) in [6.07, 6.45) is 4.96. The molecule has 2 nitrogen and oxygen atoms in total. The molecule has 0 saturated heterocycles. The van der Waals surface area contributed by atoms with Crippen molar-refractivity contribution in [2.75, 3.05) is 0 Å². The molecule has 2 rings (SSSR count). The van der Waals surface area contributed by atoms with Crippen molar-refractivity contribution in [1.29, 1.82) is 0 Å². The number of imidazole rings is 1. The second kappa shape index (κ2) is 2.05. The van der Waals surface area contributed by atoms with Crippen molar-refractivity contribution in [3.05, 3.63) is 36.2 Å². The van der Waals surface area contributed by atoms with Gasteiger partial charge >= 0.3 is 0 Å². The maximum absolute atomic E-state index is 12.9. The van der Waals surface area contributed by atoms with Crippen molar-refractivity contribution >= 4 is 5.52 Å². The Kier molecular flexibility index (Phi) is 1.18. The third-order valence-electron chi connectivity index (χ3n) is 1.79. The smallest absolute Gasteiger partial charge is 0.129 e. The van der Waals surface area contributed by atoms with Gasteiger partial charge < -0.3 is 4.40 Å². The molecule has 0 fully saturated rings. The van der Waals surface area contributed by atoms with Crippen molar-refractivity contribution in [1.82, 2.24) is 9.38 Å². The van der Waals surface area contributed by atoms with Crippen molar-refractivity contribution < 1.29 is 4.39 Å². The lowest BCUT2D eigenvalue weighted by Crippen LogP contribution is -1.88. The molecule has 0 N–H and O–H groups in total. The highest BCUT2D eigenvalue weighted by Gasteiger charge is 2.01. The fourth-order valence-corrected chi connectivity index (χ4v) is 1.11. The number of hydrogen-bond acceptors (Lipinski definition) is 1. The topological polar surface area (TPSA) is 17.3 Å². The second-order valence-electron chi connectivity index (χ2n) is 2.47. The van der Waals surface area contributed by atoms with E-state index in [1.807, 2.05) is 0 Å². The van der Waals surface area contributed by atoms with Gasteiger partial charge in [-0.1, -0.05) is 0 Å². The van der Waals surface area contributed by atoms with Gasteiger partial charge in [0.15, 0.2) is 0 Å². The molecule has 2 aromatic heterocycles. The van der Waals surface area contributed by atoms with E-state index in [1.165, 1.54) is 6.07 Å². The Morgan fingerprint density at radius 1 is 1.55 bits per heavy atom. The van der Waals surface area contributed by atoms with Crippen LogP contribution in [-0.4, -0.2) is 9.38 Å². The van der Waals surface area contributed by atoms with E-state index in [4.69, 9.17) is 0 Å². The molecule has 0 amide bonds. The SMILES string of the molecule is Cc1c(F)ccn2cncc12. The summed E-state index contributed by atoms with van der Waals surface area (Å²) in [5.74, 6) is -0.182. The van der Waals surface area contributed by atoms with Crippen molar-refractivity contribution in [2.45, 2.75) is 6.92 Å². The van der Waals surface area contributed by atoms with Crippen LogP contribution >= 0.6 is 0 Å². The van der Waals surface area contributed by atoms with Gasteiger partial charge in [-0.2, -0.15) is 0 Å². The highest BCUT2D eigenvalue weighted by molar-refractivity contribution is 5.52. The summed E-state index contributed by atoms with van der Waals surface area (Å²) >= 11 is 0. The molecule has 0 aliphatic carbocycles. The van der Waals surface area contributed by atoms with Gasteiger partial charge in [0.1, 0.15) is 5.82 Å². The molecule has 2 aromatic rings. The molecule has 0 saturated carbocycles. The second-order valence-corrected chi connectivity index (χ2v) is 2.47. The zero-order chi connectivity index (χ0) is 7.84. The summed E-state index contributed by atoms with van der Waals surface area (Å²) < 4.78 is 14.7. The van der Waals surface area contributed by atoms with Gasteiger partial charge in [0.2, 0.25) is 0 Å². The number of nitrogens with zero attached hydrogens (tertiary/aromatic N) is 2. The number of rotatable bonds is 0. The maximum atomic E-state index is 12.9.